The molecule has 6 N–H and O–H groups in total. The Morgan fingerprint density at radius 3 is 2.69 bits per heavy atom. The summed E-state index contributed by atoms with van der Waals surface area (Å²) < 4.78 is 0. The molecule has 0 unspecified atom stereocenters. The second-order valence-corrected chi connectivity index (χ2v) is 6.06. The van der Waals surface area contributed by atoms with Crippen LogP contribution < -0.4 is 16.4 Å². The van der Waals surface area contributed by atoms with Crippen LogP contribution in [0.15, 0.2) is 30.5 Å². The fraction of sp³-hybridized carbons (Fsp3) is 0.389. The van der Waals surface area contributed by atoms with Gasteiger partial charge in [-0.15, -0.1) is 0 Å². The minimum atomic E-state index is -1.14. The highest BCUT2D eigenvalue weighted by molar-refractivity contribution is 5.89. The van der Waals surface area contributed by atoms with E-state index in [1.807, 2.05) is 24.3 Å². The molecule has 0 fully saturated rings. The summed E-state index contributed by atoms with van der Waals surface area (Å²) in [5.41, 5.74) is 7.48. The Balaban J connectivity index is 1.98. The maximum Gasteiger partial charge on any atom is 0.326 e. The van der Waals surface area contributed by atoms with E-state index in [2.05, 4.69) is 15.6 Å². The van der Waals surface area contributed by atoms with Crippen LogP contribution in [0.3, 0.4) is 0 Å². The van der Waals surface area contributed by atoms with E-state index in [0.717, 1.165) is 16.5 Å². The summed E-state index contributed by atoms with van der Waals surface area (Å²) in [7, 11) is 0. The van der Waals surface area contributed by atoms with E-state index in [4.69, 9.17) is 5.73 Å². The molecule has 0 bridgehead atoms. The van der Waals surface area contributed by atoms with Gasteiger partial charge in [0.05, 0.1) is 6.04 Å². The predicted octanol–water partition coefficient (Wildman–Crippen LogP) is 0.523. The number of carbonyl (C=O) groups is 3. The number of hydrogen-bond donors (Lipinski definition) is 5. The number of carbonyl (C=O) groups excluding carboxylic acids is 2. The average Bonchev–Trinajstić information content (AvgIpc) is 3.02. The van der Waals surface area contributed by atoms with Gasteiger partial charge in [-0.2, -0.15) is 0 Å². The summed E-state index contributed by atoms with van der Waals surface area (Å²) in [6.45, 7) is 2.30. The van der Waals surface area contributed by atoms with E-state index < -0.39 is 24.0 Å². The van der Waals surface area contributed by atoms with Crippen molar-refractivity contribution in [3.63, 3.8) is 0 Å². The lowest BCUT2D eigenvalue weighted by molar-refractivity contribution is -0.142. The molecule has 1 heterocycles. The maximum absolute atomic E-state index is 12.2. The molecule has 1 aromatic heterocycles. The van der Waals surface area contributed by atoms with Crippen LogP contribution in [-0.2, 0) is 20.8 Å². The predicted molar refractivity (Wildman–Crippen MR) is 97.5 cm³/mol. The number of nitrogens with one attached hydrogen (secondary N) is 3. The highest BCUT2D eigenvalue weighted by Crippen LogP contribution is 2.19. The second-order valence-electron chi connectivity index (χ2n) is 6.06. The number of aliphatic carboxylic acids is 1. The molecule has 2 amide bonds. The Morgan fingerprint density at radius 1 is 1.27 bits per heavy atom. The Labute approximate surface area is 151 Å². The summed E-state index contributed by atoms with van der Waals surface area (Å²) in [5.74, 6) is -1.91. The number of amides is 2. The molecular formula is C18H24N4O4. The fourth-order valence-corrected chi connectivity index (χ4v) is 2.70. The van der Waals surface area contributed by atoms with Gasteiger partial charge in [-0.05, 0) is 25.0 Å². The second kappa shape index (κ2) is 9.00. The van der Waals surface area contributed by atoms with Gasteiger partial charge in [-0.25, -0.2) is 4.79 Å². The van der Waals surface area contributed by atoms with Gasteiger partial charge in [0.1, 0.15) is 6.04 Å². The lowest BCUT2D eigenvalue weighted by atomic mass is 10.0. The Kier molecular flexibility index (Phi) is 6.74. The van der Waals surface area contributed by atoms with E-state index in [0.29, 0.717) is 6.54 Å². The largest absolute Gasteiger partial charge is 0.480 e. The van der Waals surface area contributed by atoms with E-state index in [1.54, 1.807) is 13.1 Å². The highest BCUT2D eigenvalue weighted by atomic mass is 16.4. The molecule has 2 rings (SSSR count). The van der Waals surface area contributed by atoms with Gasteiger partial charge >= 0.3 is 5.97 Å². The third-order valence-electron chi connectivity index (χ3n) is 4.11. The molecule has 0 aliphatic carbocycles. The molecule has 0 saturated heterocycles. The zero-order chi connectivity index (χ0) is 19.1. The van der Waals surface area contributed by atoms with Gasteiger partial charge in [0.25, 0.3) is 0 Å². The number of fused-ring (bicyclic) bond motifs is 1. The normalized spacial score (nSPS) is 13.2. The number of carboxylic acids is 1. The van der Waals surface area contributed by atoms with E-state index in [9.17, 15) is 19.5 Å². The van der Waals surface area contributed by atoms with Crippen molar-refractivity contribution >= 4 is 28.7 Å². The van der Waals surface area contributed by atoms with Crippen LogP contribution in [0.5, 0.6) is 0 Å². The number of aromatic nitrogens is 1. The highest BCUT2D eigenvalue weighted by Gasteiger charge is 2.24. The zero-order valence-corrected chi connectivity index (χ0v) is 14.6. The van der Waals surface area contributed by atoms with Crippen molar-refractivity contribution in [3.8, 4) is 0 Å². The van der Waals surface area contributed by atoms with Crippen molar-refractivity contribution in [1.29, 1.82) is 0 Å². The van der Waals surface area contributed by atoms with Gasteiger partial charge in [0.15, 0.2) is 0 Å². The third-order valence-corrected chi connectivity index (χ3v) is 4.11. The average molecular weight is 360 g/mol. The van der Waals surface area contributed by atoms with Crippen molar-refractivity contribution in [3.05, 3.63) is 36.0 Å². The summed E-state index contributed by atoms with van der Waals surface area (Å²) in [4.78, 5) is 38.2. The number of carboxylic acid groups (broad SMARTS) is 1. The number of nitrogens with two attached hydrogens (primary N) is 1. The lowest BCUT2D eigenvalue weighted by Crippen LogP contribution is -2.49. The lowest BCUT2D eigenvalue weighted by Gasteiger charge is -2.17. The first-order valence-electron chi connectivity index (χ1n) is 8.52. The van der Waals surface area contributed by atoms with Crippen LogP contribution in [0.25, 0.3) is 10.9 Å². The number of hydrogen-bond acceptors (Lipinski definition) is 4. The van der Waals surface area contributed by atoms with Gasteiger partial charge < -0.3 is 26.5 Å². The number of para-hydroxylation sites is 1. The molecule has 140 valence electrons. The van der Waals surface area contributed by atoms with Gasteiger partial charge in [-0.3, -0.25) is 9.59 Å². The summed E-state index contributed by atoms with van der Waals surface area (Å²) in [5, 5.41) is 15.4. The Morgan fingerprint density at radius 2 is 2.00 bits per heavy atom. The third kappa shape index (κ3) is 5.06. The van der Waals surface area contributed by atoms with Gasteiger partial charge in [-0.1, -0.05) is 18.2 Å². The monoisotopic (exact) mass is 360 g/mol. The number of aromatic amines is 1. The van der Waals surface area contributed by atoms with E-state index in [1.165, 1.54) is 0 Å². The van der Waals surface area contributed by atoms with Gasteiger partial charge in [0, 0.05) is 36.5 Å². The summed E-state index contributed by atoms with van der Waals surface area (Å²) in [6, 6.07) is 5.49. The first-order chi connectivity index (χ1) is 12.4. The van der Waals surface area contributed by atoms with E-state index >= 15 is 0 Å². The summed E-state index contributed by atoms with van der Waals surface area (Å²) >= 11 is 0. The maximum atomic E-state index is 12.2. The van der Waals surface area contributed by atoms with Crippen LogP contribution in [-0.4, -0.2) is 46.5 Å². The van der Waals surface area contributed by atoms with Crippen molar-refractivity contribution < 1.29 is 19.5 Å². The number of benzene rings is 1. The topological polar surface area (TPSA) is 137 Å². The molecule has 0 radical (unpaired) electrons. The minimum absolute atomic E-state index is 0.114. The molecule has 1 aromatic carbocycles. The minimum Gasteiger partial charge on any atom is -0.480 e. The van der Waals surface area contributed by atoms with Crippen LogP contribution >= 0.6 is 0 Å². The van der Waals surface area contributed by atoms with Crippen LogP contribution in [0.4, 0.5) is 0 Å². The summed E-state index contributed by atoms with van der Waals surface area (Å²) in [6.07, 6.45) is 2.13. The molecule has 8 nitrogen and oxygen atoms in total. The first-order valence-corrected chi connectivity index (χ1v) is 8.52. The van der Waals surface area contributed by atoms with Crippen molar-refractivity contribution in [1.82, 2.24) is 15.6 Å². The van der Waals surface area contributed by atoms with Gasteiger partial charge in [0.2, 0.25) is 11.8 Å². The number of rotatable bonds is 9. The van der Waals surface area contributed by atoms with Crippen LogP contribution in [0.2, 0.25) is 0 Å². The molecule has 8 heteroatoms. The smallest absolute Gasteiger partial charge is 0.326 e. The molecule has 0 saturated carbocycles. The SMILES string of the molecule is CCNC(=O)CC[C@H](N)C(=O)N[C@@H](Cc1c[nH]c2ccccc12)C(=O)O. The standard InChI is InChI=1S/C18H24N4O4/c1-2-20-16(23)8-7-13(19)17(24)22-15(18(25)26)9-11-10-21-14-6-4-3-5-12(11)14/h3-6,10,13,15,21H,2,7-9,19H2,1H3,(H,20,23)(H,22,24)(H,25,26)/t13-,15-/m0/s1. The molecule has 0 aliphatic heterocycles. The van der Waals surface area contributed by atoms with Crippen LogP contribution in [0.1, 0.15) is 25.3 Å². The van der Waals surface area contributed by atoms with Crippen LogP contribution in [0, 0.1) is 0 Å². The molecule has 0 spiro atoms. The zero-order valence-electron chi connectivity index (χ0n) is 14.6. The first kappa shape index (κ1) is 19.5. The molecular weight excluding hydrogens is 336 g/mol. The quantitative estimate of drug-likeness (QED) is 0.444. The number of H-pyrrole nitrogens is 1. The van der Waals surface area contributed by atoms with E-state index in [-0.39, 0.29) is 25.2 Å². The molecule has 0 aliphatic rings. The molecule has 2 aromatic rings. The van der Waals surface area contributed by atoms with Crippen molar-refractivity contribution in [2.24, 2.45) is 5.73 Å². The van der Waals surface area contributed by atoms with Crippen molar-refractivity contribution in [2.75, 3.05) is 6.54 Å². The Hall–Kier alpha value is -2.87. The molecule has 26 heavy (non-hydrogen) atoms. The fourth-order valence-electron chi connectivity index (χ4n) is 2.70. The molecule has 2 atom stereocenters. The van der Waals surface area contributed by atoms with Crippen molar-refractivity contribution in [2.45, 2.75) is 38.3 Å². The Bertz CT molecular complexity index is 786.